The van der Waals surface area contributed by atoms with Crippen LogP contribution in [0.25, 0.3) is 0 Å². The Morgan fingerprint density at radius 3 is 2.20 bits per heavy atom. The standard InChI is InChI=1S/C17H33BrO2/c1-3-5-7-9-13-16(12-6-4-2)17(19)20-15-11-8-10-14-18/h16H,3-15H2,1-2H3. The molecule has 0 bridgehead atoms. The monoisotopic (exact) mass is 348 g/mol. The second kappa shape index (κ2) is 15.3. The van der Waals surface area contributed by atoms with E-state index in [9.17, 15) is 4.79 Å². The molecule has 0 radical (unpaired) electrons. The quantitative estimate of drug-likeness (QED) is 0.223. The Morgan fingerprint density at radius 1 is 0.900 bits per heavy atom. The Kier molecular flexibility index (Phi) is 15.3. The zero-order valence-electron chi connectivity index (χ0n) is 13.5. The number of carbonyl (C=O) groups excluding carboxylic acids is 1. The average Bonchev–Trinajstić information content (AvgIpc) is 2.46. The first-order valence-corrected chi connectivity index (χ1v) is 9.61. The zero-order valence-corrected chi connectivity index (χ0v) is 15.1. The number of esters is 1. The van der Waals surface area contributed by atoms with Crippen molar-refractivity contribution in [1.82, 2.24) is 0 Å². The maximum Gasteiger partial charge on any atom is 0.308 e. The molecule has 1 unspecified atom stereocenters. The Labute approximate surface area is 134 Å². The highest BCUT2D eigenvalue weighted by Gasteiger charge is 2.18. The molecule has 0 N–H and O–H groups in total. The summed E-state index contributed by atoms with van der Waals surface area (Å²) in [7, 11) is 0. The molecule has 1 atom stereocenters. The van der Waals surface area contributed by atoms with Crippen LogP contribution in [-0.4, -0.2) is 17.9 Å². The van der Waals surface area contributed by atoms with Crippen molar-refractivity contribution in [2.75, 3.05) is 11.9 Å². The van der Waals surface area contributed by atoms with Crippen molar-refractivity contribution in [2.45, 2.75) is 84.5 Å². The van der Waals surface area contributed by atoms with Gasteiger partial charge >= 0.3 is 5.97 Å². The molecular weight excluding hydrogens is 316 g/mol. The van der Waals surface area contributed by atoms with Crippen molar-refractivity contribution in [1.29, 1.82) is 0 Å². The van der Waals surface area contributed by atoms with Gasteiger partial charge in [-0.3, -0.25) is 4.79 Å². The molecule has 0 aromatic rings. The fourth-order valence-electron chi connectivity index (χ4n) is 2.31. The molecule has 0 aliphatic rings. The largest absolute Gasteiger partial charge is 0.465 e. The molecule has 0 saturated carbocycles. The smallest absolute Gasteiger partial charge is 0.308 e. The number of unbranched alkanes of at least 4 members (excludes halogenated alkanes) is 6. The highest BCUT2D eigenvalue weighted by molar-refractivity contribution is 9.09. The van der Waals surface area contributed by atoms with Crippen molar-refractivity contribution in [3.63, 3.8) is 0 Å². The number of ether oxygens (including phenoxy) is 1. The third kappa shape index (κ3) is 11.7. The molecule has 0 aromatic carbocycles. The zero-order chi connectivity index (χ0) is 15.1. The average molecular weight is 349 g/mol. The summed E-state index contributed by atoms with van der Waals surface area (Å²) in [6, 6.07) is 0. The lowest BCUT2D eigenvalue weighted by Gasteiger charge is -2.15. The first-order chi connectivity index (χ1) is 9.76. The van der Waals surface area contributed by atoms with Crippen LogP contribution in [0, 0.1) is 5.92 Å². The van der Waals surface area contributed by atoms with Gasteiger partial charge in [0.15, 0.2) is 0 Å². The molecule has 0 fully saturated rings. The van der Waals surface area contributed by atoms with Crippen LogP contribution < -0.4 is 0 Å². The molecule has 20 heavy (non-hydrogen) atoms. The normalized spacial score (nSPS) is 12.3. The second-order valence-electron chi connectivity index (χ2n) is 5.61. The van der Waals surface area contributed by atoms with Crippen LogP contribution in [0.3, 0.4) is 0 Å². The molecule has 3 heteroatoms. The van der Waals surface area contributed by atoms with Crippen molar-refractivity contribution < 1.29 is 9.53 Å². The van der Waals surface area contributed by atoms with E-state index in [1.807, 2.05) is 0 Å². The van der Waals surface area contributed by atoms with E-state index in [1.165, 1.54) is 25.7 Å². The molecule has 0 aliphatic heterocycles. The van der Waals surface area contributed by atoms with Gasteiger partial charge < -0.3 is 4.74 Å². The van der Waals surface area contributed by atoms with Crippen LogP contribution in [0.5, 0.6) is 0 Å². The van der Waals surface area contributed by atoms with Crippen LogP contribution in [0.2, 0.25) is 0 Å². The molecule has 0 heterocycles. The lowest BCUT2D eigenvalue weighted by Crippen LogP contribution is -2.18. The molecule has 0 saturated heterocycles. The summed E-state index contributed by atoms with van der Waals surface area (Å²) in [4.78, 5) is 12.1. The summed E-state index contributed by atoms with van der Waals surface area (Å²) in [6.07, 6.45) is 12.5. The Hall–Kier alpha value is -0.0500. The van der Waals surface area contributed by atoms with E-state index in [-0.39, 0.29) is 11.9 Å². The van der Waals surface area contributed by atoms with Crippen LogP contribution in [-0.2, 0) is 9.53 Å². The summed E-state index contributed by atoms with van der Waals surface area (Å²) in [6.45, 7) is 5.00. The van der Waals surface area contributed by atoms with E-state index in [0.717, 1.165) is 50.3 Å². The minimum atomic E-state index is 0.0498. The van der Waals surface area contributed by atoms with E-state index < -0.39 is 0 Å². The van der Waals surface area contributed by atoms with Crippen LogP contribution in [0.15, 0.2) is 0 Å². The van der Waals surface area contributed by atoms with Gasteiger partial charge in [-0.2, -0.15) is 0 Å². The van der Waals surface area contributed by atoms with Crippen molar-refractivity contribution in [3.05, 3.63) is 0 Å². The van der Waals surface area contributed by atoms with Gasteiger partial charge in [0.05, 0.1) is 12.5 Å². The third-order valence-electron chi connectivity index (χ3n) is 3.67. The predicted octanol–water partition coefficient (Wildman–Crippen LogP) is 5.87. The van der Waals surface area contributed by atoms with Crippen LogP contribution in [0.4, 0.5) is 0 Å². The fraction of sp³-hybridized carbons (Fsp3) is 0.941. The molecule has 0 aliphatic carbocycles. The minimum absolute atomic E-state index is 0.0498. The predicted molar refractivity (Wildman–Crippen MR) is 90.4 cm³/mol. The minimum Gasteiger partial charge on any atom is -0.465 e. The van der Waals surface area contributed by atoms with Gasteiger partial charge in [0, 0.05) is 5.33 Å². The summed E-state index contributed by atoms with van der Waals surface area (Å²) >= 11 is 3.42. The highest BCUT2D eigenvalue weighted by Crippen LogP contribution is 2.19. The van der Waals surface area contributed by atoms with E-state index in [4.69, 9.17) is 4.74 Å². The number of carbonyl (C=O) groups is 1. The lowest BCUT2D eigenvalue weighted by molar-refractivity contribution is -0.149. The van der Waals surface area contributed by atoms with E-state index in [2.05, 4.69) is 29.8 Å². The van der Waals surface area contributed by atoms with E-state index in [0.29, 0.717) is 6.61 Å². The molecule has 0 rings (SSSR count). The Balaban J connectivity index is 3.87. The van der Waals surface area contributed by atoms with E-state index >= 15 is 0 Å². The van der Waals surface area contributed by atoms with Gasteiger partial charge in [0.25, 0.3) is 0 Å². The fourth-order valence-corrected chi connectivity index (χ4v) is 2.71. The van der Waals surface area contributed by atoms with Crippen molar-refractivity contribution >= 4 is 21.9 Å². The maximum atomic E-state index is 12.1. The number of hydrogen-bond acceptors (Lipinski definition) is 2. The molecule has 0 aromatic heterocycles. The van der Waals surface area contributed by atoms with Crippen molar-refractivity contribution in [2.24, 2.45) is 5.92 Å². The van der Waals surface area contributed by atoms with Gasteiger partial charge in [-0.25, -0.2) is 0 Å². The summed E-state index contributed by atoms with van der Waals surface area (Å²) < 4.78 is 5.45. The third-order valence-corrected chi connectivity index (χ3v) is 4.23. The lowest BCUT2D eigenvalue weighted by atomic mass is 9.95. The van der Waals surface area contributed by atoms with Gasteiger partial charge in [0.2, 0.25) is 0 Å². The number of halogens is 1. The maximum absolute atomic E-state index is 12.1. The van der Waals surface area contributed by atoms with Gasteiger partial charge in [-0.05, 0) is 32.1 Å². The highest BCUT2D eigenvalue weighted by atomic mass is 79.9. The van der Waals surface area contributed by atoms with Crippen LogP contribution in [0.1, 0.15) is 84.5 Å². The second-order valence-corrected chi connectivity index (χ2v) is 6.40. The molecule has 120 valence electrons. The van der Waals surface area contributed by atoms with Crippen LogP contribution >= 0.6 is 15.9 Å². The molecule has 0 spiro atoms. The first kappa shape index (κ1) is 19.9. The molecular formula is C17H33BrO2. The molecule has 2 nitrogen and oxygen atoms in total. The van der Waals surface area contributed by atoms with Crippen molar-refractivity contribution in [3.8, 4) is 0 Å². The first-order valence-electron chi connectivity index (χ1n) is 8.48. The summed E-state index contributed by atoms with van der Waals surface area (Å²) in [5.41, 5.74) is 0. The van der Waals surface area contributed by atoms with Gasteiger partial charge in [0.1, 0.15) is 0 Å². The Morgan fingerprint density at radius 2 is 1.55 bits per heavy atom. The summed E-state index contributed by atoms with van der Waals surface area (Å²) in [5, 5.41) is 1.04. The number of rotatable bonds is 14. The number of hydrogen-bond donors (Lipinski definition) is 0. The Bertz CT molecular complexity index is 219. The summed E-state index contributed by atoms with van der Waals surface area (Å²) in [5.74, 6) is 0.191. The van der Waals surface area contributed by atoms with Gasteiger partial charge in [-0.15, -0.1) is 0 Å². The molecule has 0 amide bonds. The number of alkyl halides is 1. The van der Waals surface area contributed by atoms with Gasteiger partial charge in [-0.1, -0.05) is 68.3 Å². The van der Waals surface area contributed by atoms with E-state index in [1.54, 1.807) is 0 Å². The topological polar surface area (TPSA) is 26.3 Å². The SMILES string of the molecule is CCCCCCC(CCCC)C(=O)OCCCCCBr.